The second-order valence-corrected chi connectivity index (χ2v) is 17.2. The van der Waals surface area contributed by atoms with Gasteiger partial charge in [-0.25, -0.2) is 0 Å². The lowest BCUT2D eigenvalue weighted by Crippen LogP contribution is -2.31. The second-order valence-electron chi connectivity index (χ2n) is 17.2. The zero-order valence-electron chi connectivity index (χ0n) is 35.0. The van der Waals surface area contributed by atoms with Gasteiger partial charge in [0, 0.05) is 38.3 Å². The fourth-order valence-electron chi connectivity index (χ4n) is 10.1. The highest BCUT2D eigenvalue weighted by atomic mass is 16.3. The molecular formula is C58H38N2O4. The topological polar surface area (TPSA) is 63.0 Å². The molecule has 0 fully saturated rings. The van der Waals surface area contributed by atoms with Gasteiger partial charge in [0.05, 0.1) is 33.5 Å². The smallest absolute Gasteiger partial charge is 0.200 e. The van der Waals surface area contributed by atoms with Crippen molar-refractivity contribution in [1.29, 1.82) is 0 Å². The Hall–Kier alpha value is -8.35. The molecule has 0 bridgehead atoms. The first-order chi connectivity index (χ1) is 31.4. The van der Waals surface area contributed by atoms with Gasteiger partial charge in [-0.15, -0.1) is 0 Å². The van der Waals surface area contributed by atoms with Gasteiger partial charge in [0.25, 0.3) is 0 Å². The molecule has 4 heterocycles. The molecule has 3 aromatic heterocycles. The van der Waals surface area contributed by atoms with E-state index in [1.54, 1.807) is 0 Å². The summed E-state index contributed by atoms with van der Waals surface area (Å²) in [5.74, 6) is 0. The summed E-state index contributed by atoms with van der Waals surface area (Å²) in [6, 6.07) is 66.7. The number of anilines is 6. The van der Waals surface area contributed by atoms with Gasteiger partial charge in [0.1, 0.15) is 22.3 Å². The number of para-hydroxylation sites is 6. The number of hydrogen-bond donors (Lipinski definition) is 0. The minimum Gasteiger partial charge on any atom is -0.456 e. The molecule has 6 heteroatoms. The van der Waals surface area contributed by atoms with Crippen molar-refractivity contribution in [3.63, 3.8) is 0 Å². The van der Waals surface area contributed by atoms with E-state index in [1.165, 1.54) is 11.1 Å². The van der Waals surface area contributed by atoms with E-state index < -0.39 is 0 Å². The van der Waals surface area contributed by atoms with E-state index in [9.17, 15) is 4.79 Å². The third-order valence-electron chi connectivity index (χ3n) is 13.3. The number of furan rings is 2. The molecule has 9 aromatic carbocycles. The highest BCUT2D eigenvalue weighted by Crippen LogP contribution is 2.54. The summed E-state index contributed by atoms with van der Waals surface area (Å²) < 4.78 is 19.7. The molecule has 0 N–H and O–H groups in total. The predicted molar refractivity (Wildman–Crippen MR) is 261 cm³/mol. The minimum atomic E-state index is -0.361. The largest absolute Gasteiger partial charge is 0.456 e. The van der Waals surface area contributed by atoms with Crippen molar-refractivity contribution in [2.45, 2.75) is 19.3 Å². The Morgan fingerprint density at radius 2 is 0.953 bits per heavy atom. The summed E-state index contributed by atoms with van der Waals surface area (Å²) in [5, 5.41) is 5.42. The Bertz CT molecular complexity index is 3810. The van der Waals surface area contributed by atoms with E-state index in [-0.39, 0.29) is 10.8 Å². The Morgan fingerprint density at radius 3 is 1.62 bits per heavy atom. The van der Waals surface area contributed by atoms with Crippen LogP contribution in [0.25, 0.3) is 76.9 Å². The fraction of sp³-hybridized carbons (Fsp3) is 0.0517. The number of rotatable bonds is 5. The maximum absolute atomic E-state index is 13.3. The third-order valence-corrected chi connectivity index (χ3v) is 13.3. The zero-order chi connectivity index (χ0) is 42.7. The Balaban J connectivity index is 0.981. The van der Waals surface area contributed by atoms with Gasteiger partial charge in [-0.2, -0.15) is 0 Å². The molecule has 13 rings (SSSR count). The molecular weight excluding hydrogens is 789 g/mol. The quantitative estimate of drug-likeness (QED) is 0.161. The highest BCUT2D eigenvalue weighted by Gasteiger charge is 2.38. The minimum absolute atomic E-state index is 0.0199. The SMILES string of the molecule is CC1(C)c2ccccc2N(c2ccc(-c3ccc4c(=O)c5ccccc5oc4c3)cc2)c2ccc(N(c3cccc4c3oc3ccccc34)c3cccc4c3oc3ccccc34)cc21. The standard InChI is InChI=1S/C58H38N2O4/c1-58(2)45-18-6-7-19-47(45)59(37-28-25-35(26-29-37)36-27-31-44-54(33-36)62-53-24-10-5-15-43(53)55(44)61)48-32-30-38(34-46(48)58)60(49-20-11-16-41-39-13-3-8-22-51(39)63-56(41)49)50-21-12-17-42-40-14-4-9-23-52(40)64-57(42)50/h3-34H,1-2H3. The van der Waals surface area contributed by atoms with Crippen LogP contribution in [0.5, 0.6) is 0 Å². The van der Waals surface area contributed by atoms with Gasteiger partial charge in [-0.05, 0) is 107 Å². The number of hydrogen-bond acceptors (Lipinski definition) is 6. The van der Waals surface area contributed by atoms with E-state index in [2.05, 4.69) is 151 Å². The summed E-state index contributed by atoms with van der Waals surface area (Å²) in [5.41, 5.74) is 14.6. The van der Waals surface area contributed by atoms with E-state index >= 15 is 0 Å². The molecule has 12 aromatic rings. The average Bonchev–Trinajstić information content (AvgIpc) is 3.92. The molecule has 0 saturated heterocycles. The van der Waals surface area contributed by atoms with Crippen LogP contribution in [0, 0.1) is 0 Å². The first kappa shape index (κ1) is 36.3. The lowest BCUT2D eigenvalue weighted by atomic mass is 9.73. The normalized spacial score (nSPS) is 13.3. The maximum Gasteiger partial charge on any atom is 0.200 e. The van der Waals surface area contributed by atoms with Gasteiger partial charge >= 0.3 is 0 Å². The highest BCUT2D eigenvalue weighted by molar-refractivity contribution is 6.14. The molecule has 0 atom stereocenters. The van der Waals surface area contributed by atoms with Crippen molar-refractivity contribution >= 4 is 99.9 Å². The van der Waals surface area contributed by atoms with Gasteiger partial charge in [0.15, 0.2) is 11.2 Å². The van der Waals surface area contributed by atoms with Crippen LogP contribution < -0.4 is 15.2 Å². The first-order valence-corrected chi connectivity index (χ1v) is 21.6. The van der Waals surface area contributed by atoms with Gasteiger partial charge in [0.2, 0.25) is 5.43 Å². The predicted octanol–water partition coefficient (Wildman–Crippen LogP) is 16.0. The van der Waals surface area contributed by atoms with Crippen molar-refractivity contribution in [2.75, 3.05) is 9.80 Å². The Labute approximate surface area is 367 Å². The molecule has 0 spiro atoms. The summed E-state index contributed by atoms with van der Waals surface area (Å²) in [7, 11) is 0. The van der Waals surface area contributed by atoms with Crippen LogP contribution in [0.4, 0.5) is 34.1 Å². The third kappa shape index (κ3) is 5.29. The van der Waals surface area contributed by atoms with Crippen LogP contribution in [-0.4, -0.2) is 0 Å². The van der Waals surface area contributed by atoms with Crippen LogP contribution >= 0.6 is 0 Å². The molecule has 0 radical (unpaired) electrons. The van der Waals surface area contributed by atoms with Gasteiger partial charge < -0.3 is 23.1 Å². The Kier molecular flexibility index (Phi) is 7.70. The summed E-state index contributed by atoms with van der Waals surface area (Å²) >= 11 is 0. The maximum atomic E-state index is 13.3. The number of fused-ring (bicyclic) bond motifs is 10. The molecule has 0 aliphatic carbocycles. The van der Waals surface area contributed by atoms with Crippen molar-refractivity contribution in [1.82, 2.24) is 0 Å². The monoisotopic (exact) mass is 826 g/mol. The summed E-state index contributed by atoms with van der Waals surface area (Å²) in [6.45, 7) is 4.64. The second kappa shape index (κ2) is 13.6. The summed E-state index contributed by atoms with van der Waals surface area (Å²) in [6.07, 6.45) is 0. The van der Waals surface area contributed by atoms with Gasteiger partial charge in [-0.3, -0.25) is 4.79 Å². The van der Waals surface area contributed by atoms with Crippen LogP contribution in [0.15, 0.2) is 212 Å². The molecule has 1 aliphatic heterocycles. The van der Waals surface area contributed by atoms with Crippen molar-refractivity contribution in [3.05, 3.63) is 215 Å². The molecule has 304 valence electrons. The van der Waals surface area contributed by atoms with E-state index in [0.717, 1.165) is 89.1 Å². The molecule has 1 aliphatic rings. The van der Waals surface area contributed by atoms with Crippen molar-refractivity contribution < 1.29 is 13.3 Å². The zero-order valence-corrected chi connectivity index (χ0v) is 35.0. The lowest BCUT2D eigenvalue weighted by molar-refractivity contribution is 0.632. The molecule has 6 nitrogen and oxygen atoms in total. The average molecular weight is 827 g/mol. The first-order valence-electron chi connectivity index (χ1n) is 21.6. The molecule has 64 heavy (non-hydrogen) atoms. The number of benzene rings is 9. The van der Waals surface area contributed by atoms with Crippen LogP contribution in [-0.2, 0) is 5.41 Å². The Morgan fingerprint density at radius 1 is 0.422 bits per heavy atom. The van der Waals surface area contributed by atoms with E-state index in [0.29, 0.717) is 21.9 Å². The van der Waals surface area contributed by atoms with Crippen LogP contribution in [0.2, 0.25) is 0 Å². The summed E-state index contributed by atoms with van der Waals surface area (Å²) in [4.78, 5) is 18.0. The van der Waals surface area contributed by atoms with Crippen LogP contribution in [0.1, 0.15) is 25.0 Å². The van der Waals surface area contributed by atoms with Crippen molar-refractivity contribution in [3.8, 4) is 11.1 Å². The van der Waals surface area contributed by atoms with Crippen LogP contribution in [0.3, 0.4) is 0 Å². The van der Waals surface area contributed by atoms with E-state index in [4.69, 9.17) is 13.3 Å². The molecule has 0 unspecified atom stereocenters. The molecule has 0 saturated carbocycles. The molecule has 0 amide bonds. The van der Waals surface area contributed by atoms with Crippen molar-refractivity contribution in [2.24, 2.45) is 0 Å². The number of nitrogens with zero attached hydrogens (tertiary/aromatic N) is 2. The van der Waals surface area contributed by atoms with Gasteiger partial charge in [-0.1, -0.05) is 123 Å². The fourth-order valence-corrected chi connectivity index (χ4v) is 10.1. The van der Waals surface area contributed by atoms with E-state index in [1.807, 2.05) is 66.7 Å². The lowest BCUT2D eigenvalue weighted by Gasteiger charge is -2.42.